The summed E-state index contributed by atoms with van der Waals surface area (Å²) in [6.45, 7) is 2.51. The Hall–Kier alpha value is -13.8. The molecule has 117 heavy (non-hydrogen) atoms. The van der Waals surface area contributed by atoms with Crippen LogP contribution < -0.4 is 23.7 Å². The molecule has 8 aromatic heterocycles. The van der Waals surface area contributed by atoms with Crippen LogP contribution in [-0.2, 0) is 6.61 Å². The van der Waals surface area contributed by atoms with Gasteiger partial charge in [0.15, 0.2) is 0 Å². The number of rotatable bonds is 15. The van der Waals surface area contributed by atoms with E-state index in [-0.39, 0.29) is 23.6 Å². The molecule has 0 saturated heterocycles. The van der Waals surface area contributed by atoms with Crippen molar-refractivity contribution in [1.82, 2.24) is 59.5 Å². The number of para-hydroxylation sites is 3. The van der Waals surface area contributed by atoms with E-state index in [2.05, 4.69) is 62.7 Å². The third-order valence-electron chi connectivity index (χ3n) is 20.4. The number of nitrogens with one attached hydrogen (secondary N) is 4. The SMILES string of the molecule is COc1cccc2c1-c1c[nH]c3ncc(-c4cccc(C(=O)N(C)C)c4)c(c13)OC2.COc1ccccc1-c1c[nH]c2ncc(-c3cccc(C(=O)N(C)C)c3)c(Br)c12.COc1ccccc1-c1c[nH]c2ncc(-c3cccc(C(=O)N(C)C)c3)c(C)c12.COc1ccccc1-c1c[nH]c2ncc(-c3cccc(C(=O)N(C)C)c3)c(Cl)c12. The fraction of sp³-hybridized carbons (Fsp3) is 0.149. The fourth-order valence-electron chi connectivity index (χ4n) is 14.6. The lowest BCUT2D eigenvalue weighted by Crippen LogP contribution is -2.21. The van der Waals surface area contributed by atoms with Crippen LogP contribution in [0.5, 0.6) is 28.7 Å². The Morgan fingerprint density at radius 3 is 1.15 bits per heavy atom. The second kappa shape index (κ2) is 34.5. The van der Waals surface area contributed by atoms with Crippen LogP contribution in [0.2, 0.25) is 5.02 Å². The summed E-state index contributed by atoms with van der Waals surface area (Å²) < 4.78 is 29.5. The number of ether oxygens (including phenoxy) is 5. The lowest BCUT2D eigenvalue weighted by atomic mass is 9.95. The molecule has 0 fully saturated rings. The molecular weight excluding hydrogens is 1560 g/mol. The van der Waals surface area contributed by atoms with Crippen molar-refractivity contribution in [3.63, 3.8) is 0 Å². The van der Waals surface area contributed by atoms with Crippen molar-refractivity contribution in [3.8, 4) is 118 Å². The predicted octanol–water partition coefficient (Wildman–Crippen LogP) is 20.0. The van der Waals surface area contributed by atoms with Gasteiger partial charge in [0, 0.05) is 221 Å². The van der Waals surface area contributed by atoms with Crippen LogP contribution in [0.4, 0.5) is 0 Å². The molecule has 1 aliphatic rings. The number of halogens is 2. The number of hydrogen-bond donors (Lipinski definition) is 4. The molecule has 16 aromatic rings. The molecule has 0 saturated carbocycles. The first kappa shape index (κ1) is 79.8. The molecule has 17 rings (SSSR count). The number of H-pyrrole nitrogens is 4. The van der Waals surface area contributed by atoms with E-state index in [9.17, 15) is 19.2 Å². The molecular formula is C94H84BrClN12O9. The van der Waals surface area contributed by atoms with Gasteiger partial charge in [-0.3, -0.25) is 19.2 Å². The number of amides is 4. The number of aromatic nitrogens is 8. The second-order valence-electron chi connectivity index (χ2n) is 28.5. The first-order chi connectivity index (χ1) is 56.6. The Kier molecular flexibility index (Phi) is 23.5. The first-order valence-electron chi connectivity index (χ1n) is 37.4. The summed E-state index contributed by atoms with van der Waals surface area (Å²) in [5.74, 6) is 3.76. The van der Waals surface area contributed by atoms with E-state index in [1.54, 1.807) is 123 Å². The van der Waals surface area contributed by atoms with Crippen molar-refractivity contribution in [1.29, 1.82) is 0 Å². The average molecular weight is 1640 g/mol. The zero-order valence-electron chi connectivity index (χ0n) is 66.7. The van der Waals surface area contributed by atoms with Crippen LogP contribution in [-0.4, -0.2) is 168 Å². The number of fused-ring (bicyclic) bond motifs is 5. The average Bonchev–Trinajstić information content (AvgIpc) is 1.61. The van der Waals surface area contributed by atoms with Gasteiger partial charge in [0.2, 0.25) is 0 Å². The maximum atomic E-state index is 12.5. The summed E-state index contributed by atoms with van der Waals surface area (Å²) in [6, 6.07) is 59.9. The molecule has 588 valence electrons. The highest BCUT2D eigenvalue weighted by molar-refractivity contribution is 9.10. The van der Waals surface area contributed by atoms with Gasteiger partial charge in [-0.2, -0.15) is 0 Å². The van der Waals surface area contributed by atoms with Gasteiger partial charge < -0.3 is 63.2 Å². The van der Waals surface area contributed by atoms with Crippen LogP contribution in [0, 0.1) is 6.92 Å². The number of aryl methyl sites for hydroxylation is 1. The van der Waals surface area contributed by atoms with Gasteiger partial charge in [-0.25, -0.2) is 19.9 Å². The number of benzene rings is 8. The topological polar surface area (TPSA) is 242 Å². The Morgan fingerprint density at radius 2 is 0.701 bits per heavy atom. The molecule has 0 spiro atoms. The molecule has 9 heterocycles. The minimum absolute atomic E-state index is 0.0186. The Labute approximate surface area is 690 Å². The van der Waals surface area contributed by atoms with Gasteiger partial charge >= 0.3 is 0 Å². The minimum Gasteiger partial charge on any atom is -0.496 e. The largest absolute Gasteiger partial charge is 0.496 e. The lowest BCUT2D eigenvalue weighted by Gasteiger charge is -2.14. The number of pyridine rings is 4. The van der Waals surface area contributed by atoms with Crippen LogP contribution >= 0.6 is 27.5 Å². The van der Waals surface area contributed by atoms with Crippen LogP contribution in [0.1, 0.15) is 52.6 Å². The molecule has 0 radical (unpaired) electrons. The summed E-state index contributed by atoms with van der Waals surface area (Å²) in [7, 11) is 20.6. The fourth-order valence-corrected chi connectivity index (χ4v) is 15.6. The van der Waals surface area contributed by atoms with E-state index in [0.717, 1.165) is 172 Å². The zero-order chi connectivity index (χ0) is 82.5. The summed E-state index contributed by atoms with van der Waals surface area (Å²) in [5.41, 5.74) is 22.8. The second-order valence-corrected chi connectivity index (χ2v) is 29.6. The summed E-state index contributed by atoms with van der Waals surface area (Å²) in [4.78, 5) is 87.2. The molecule has 0 aliphatic carbocycles. The van der Waals surface area contributed by atoms with Gasteiger partial charge in [-0.1, -0.05) is 127 Å². The molecule has 4 N–H and O–H groups in total. The van der Waals surface area contributed by atoms with Gasteiger partial charge in [-0.15, -0.1) is 0 Å². The normalized spacial score (nSPS) is 11.2. The predicted molar refractivity (Wildman–Crippen MR) is 468 cm³/mol. The van der Waals surface area contributed by atoms with Gasteiger partial charge in [0.1, 0.15) is 57.9 Å². The molecule has 1 aliphatic heterocycles. The highest BCUT2D eigenvalue weighted by Gasteiger charge is 2.28. The molecule has 21 nitrogen and oxygen atoms in total. The van der Waals surface area contributed by atoms with Crippen molar-refractivity contribution < 1.29 is 42.9 Å². The summed E-state index contributed by atoms with van der Waals surface area (Å²) in [6.07, 6.45) is 14.9. The van der Waals surface area contributed by atoms with Gasteiger partial charge in [-0.05, 0) is 123 Å². The van der Waals surface area contributed by atoms with E-state index in [4.69, 9.17) is 35.3 Å². The molecule has 0 unspecified atom stereocenters. The summed E-state index contributed by atoms with van der Waals surface area (Å²) in [5, 5.41) is 4.33. The standard InChI is InChI=1S/C24H21N3O3.C24H23N3O2.C23H20BrN3O2.C23H20ClN3O2/c1-27(2)24(28)15-7-4-6-14(10-15)17-11-25-23-21-18(12-26-23)20-16(13-30-22(17)21)8-5-9-19(20)29-3;1-15-19(16-8-7-9-17(12-16)24(28)27(2)3)13-25-23-22(15)20(14-26-23)18-10-5-6-11-21(18)29-4;2*1-27(2)23(28)15-8-6-7-14(11-15)17-12-25-22-20(21(17)24)18(13-26-22)16-9-4-5-10-19(16)29-3/h4-12H,13H2,1-3H3,(H,25,26);5-14H,1-4H3,(H,25,26);2*4-13H,1-3H3,(H,25,26). The highest BCUT2D eigenvalue weighted by Crippen LogP contribution is 2.49. The maximum Gasteiger partial charge on any atom is 0.253 e. The van der Waals surface area contributed by atoms with E-state index < -0.39 is 0 Å². The van der Waals surface area contributed by atoms with Crippen LogP contribution in [0.15, 0.2) is 242 Å². The van der Waals surface area contributed by atoms with Gasteiger partial charge in [0.05, 0.1) is 38.8 Å². The maximum absolute atomic E-state index is 12.5. The van der Waals surface area contributed by atoms with Crippen LogP contribution in [0.3, 0.4) is 0 Å². The Bertz CT molecular complexity index is 6010. The van der Waals surface area contributed by atoms with E-state index >= 15 is 0 Å². The number of methoxy groups -OCH3 is 4. The first-order valence-corrected chi connectivity index (χ1v) is 38.5. The number of hydrogen-bond acceptors (Lipinski definition) is 13. The molecule has 8 aromatic carbocycles. The van der Waals surface area contributed by atoms with E-state index in [1.807, 2.05) is 219 Å². The third-order valence-corrected chi connectivity index (χ3v) is 21.6. The van der Waals surface area contributed by atoms with Crippen molar-refractivity contribution in [2.24, 2.45) is 0 Å². The number of carbonyl (C=O) groups excluding carboxylic acids is 4. The minimum atomic E-state index is -0.0617. The highest BCUT2D eigenvalue weighted by atomic mass is 79.9. The van der Waals surface area contributed by atoms with Crippen molar-refractivity contribution in [3.05, 3.63) is 281 Å². The Morgan fingerprint density at radius 1 is 0.368 bits per heavy atom. The summed E-state index contributed by atoms with van der Waals surface area (Å²) >= 11 is 10.7. The van der Waals surface area contributed by atoms with Crippen molar-refractivity contribution in [2.45, 2.75) is 13.5 Å². The lowest BCUT2D eigenvalue weighted by molar-refractivity contribution is 0.0820. The molecule has 0 bridgehead atoms. The number of nitrogens with zero attached hydrogens (tertiary/aromatic N) is 8. The van der Waals surface area contributed by atoms with Crippen molar-refractivity contribution in [2.75, 3.05) is 84.8 Å². The third kappa shape index (κ3) is 15.9. The van der Waals surface area contributed by atoms with Gasteiger partial charge in [0.25, 0.3) is 23.6 Å². The molecule has 23 heteroatoms. The number of aromatic amines is 4. The smallest absolute Gasteiger partial charge is 0.253 e. The quantitative estimate of drug-likeness (QED) is 0.0747. The molecule has 4 amide bonds. The van der Waals surface area contributed by atoms with Crippen molar-refractivity contribution >= 4 is 95.3 Å². The molecule has 0 atom stereocenters. The van der Waals surface area contributed by atoms with Crippen LogP contribution in [0.25, 0.3) is 133 Å². The van der Waals surface area contributed by atoms with E-state index in [1.165, 1.54) is 0 Å². The monoisotopic (exact) mass is 1640 g/mol. The Balaban J connectivity index is 0.000000128. The number of carbonyl (C=O) groups is 4. The van der Waals surface area contributed by atoms with E-state index in [0.29, 0.717) is 39.5 Å². The zero-order valence-corrected chi connectivity index (χ0v) is 69.1.